The molecule has 1 aliphatic heterocycles. The third kappa shape index (κ3) is 3.07. The zero-order valence-corrected chi connectivity index (χ0v) is 16.6. The summed E-state index contributed by atoms with van der Waals surface area (Å²) in [4.78, 5) is 0. The molecule has 2 atom stereocenters. The predicted octanol–water partition coefficient (Wildman–Crippen LogP) is 5.14. The van der Waals surface area contributed by atoms with Crippen molar-refractivity contribution in [2.45, 2.75) is 18.5 Å². The number of rotatable bonds is 2. The molecule has 1 aliphatic rings. The molecule has 1 N–H and O–H groups in total. The van der Waals surface area contributed by atoms with E-state index >= 15 is 0 Å². The minimum absolute atomic E-state index is 0.0737. The van der Waals surface area contributed by atoms with Crippen molar-refractivity contribution in [1.29, 1.82) is 0 Å². The number of hydrogen-bond donors (Lipinski definition) is 1. The number of aromatic nitrogens is 4. The van der Waals surface area contributed by atoms with Crippen LogP contribution in [0.1, 0.15) is 29.6 Å². The van der Waals surface area contributed by atoms with Gasteiger partial charge >= 0.3 is 0 Å². The van der Waals surface area contributed by atoms with E-state index in [1.54, 1.807) is 10.7 Å². The summed E-state index contributed by atoms with van der Waals surface area (Å²) in [7, 11) is 0. The van der Waals surface area contributed by atoms with Gasteiger partial charge in [0.1, 0.15) is 5.82 Å². The third-order valence-electron chi connectivity index (χ3n) is 4.21. The molecule has 4 rings (SSSR count). The van der Waals surface area contributed by atoms with Crippen molar-refractivity contribution >= 4 is 49.4 Å². The second kappa shape index (κ2) is 6.66. The summed E-state index contributed by atoms with van der Waals surface area (Å²) in [5.41, 5.74) is 1.44. The molecule has 0 spiro atoms. The van der Waals surface area contributed by atoms with E-state index in [2.05, 4.69) is 52.7 Å². The van der Waals surface area contributed by atoms with Crippen LogP contribution in [0.5, 0.6) is 0 Å². The lowest BCUT2D eigenvalue weighted by Gasteiger charge is -2.31. The van der Waals surface area contributed by atoms with Crippen LogP contribution >= 0.6 is 43.5 Å². The van der Waals surface area contributed by atoms with Crippen LogP contribution in [0.3, 0.4) is 0 Å². The monoisotopic (exact) mass is 485 g/mol. The van der Waals surface area contributed by atoms with Crippen LogP contribution in [-0.4, -0.2) is 20.2 Å². The van der Waals surface area contributed by atoms with E-state index in [0.29, 0.717) is 27.4 Å². The molecule has 0 aliphatic carbocycles. The summed E-state index contributed by atoms with van der Waals surface area (Å²) in [5, 5.41) is 15.4. The largest absolute Gasteiger partial charge is 0.346 e. The SMILES string of the molecule is Fc1ccc(Br)c(Cl)c1C1CC(c2cccc(Br)c2)Nc2nnnn21. The maximum absolute atomic E-state index is 14.6. The highest BCUT2D eigenvalue weighted by Crippen LogP contribution is 2.42. The standard InChI is InChI=1S/C16H11Br2ClFN5/c17-9-3-1-2-8(6-9)12-7-13(25-16(21-12)22-23-24-25)14-11(20)5-4-10(18)15(14)19/h1-6,12-13H,7H2,(H,21,22,24). The van der Waals surface area contributed by atoms with E-state index in [-0.39, 0.29) is 11.9 Å². The average Bonchev–Trinajstić information content (AvgIpc) is 3.07. The topological polar surface area (TPSA) is 55.6 Å². The first-order valence-electron chi connectivity index (χ1n) is 7.48. The Labute approximate surface area is 164 Å². The van der Waals surface area contributed by atoms with Gasteiger partial charge in [-0.25, -0.2) is 9.07 Å². The molecule has 0 bridgehead atoms. The van der Waals surface area contributed by atoms with Gasteiger partial charge in [-0.1, -0.05) is 44.8 Å². The van der Waals surface area contributed by atoms with Crippen molar-refractivity contribution in [3.8, 4) is 0 Å². The number of nitrogens with zero attached hydrogens (tertiary/aromatic N) is 4. The van der Waals surface area contributed by atoms with E-state index in [1.165, 1.54) is 6.07 Å². The van der Waals surface area contributed by atoms with Crippen LogP contribution in [0.15, 0.2) is 45.3 Å². The first-order chi connectivity index (χ1) is 12.0. The van der Waals surface area contributed by atoms with Crippen molar-refractivity contribution in [2.75, 3.05) is 5.32 Å². The fourth-order valence-electron chi connectivity index (χ4n) is 3.07. The third-order valence-corrected chi connectivity index (χ3v) is 6.00. The van der Waals surface area contributed by atoms with Crippen molar-refractivity contribution in [3.05, 3.63) is 67.3 Å². The van der Waals surface area contributed by atoms with Crippen LogP contribution in [0, 0.1) is 5.82 Å². The van der Waals surface area contributed by atoms with Crippen LogP contribution in [0.2, 0.25) is 5.02 Å². The van der Waals surface area contributed by atoms with E-state index in [9.17, 15) is 4.39 Å². The Morgan fingerprint density at radius 1 is 1.24 bits per heavy atom. The molecule has 0 radical (unpaired) electrons. The lowest BCUT2D eigenvalue weighted by atomic mass is 9.93. The van der Waals surface area contributed by atoms with Gasteiger partial charge in [-0.3, -0.25) is 0 Å². The minimum atomic E-state index is -0.416. The fraction of sp³-hybridized carbons (Fsp3) is 0.188. The van der Waals surface area contributed by atoms with Gasteiger partial charge in [0.2, 0.25) is 5.95 Å². The van der Waals surface area contributed by atoms with Crippen LogP contribution in [-0.2, 0) is 0 Å². The number of halogens is 4. The second-order valence-corrected chi connectivity index (χ2v) is 7.86. The number of benzene rings is 2. The van der Waals surface area contributed by atoms with Crippen molar-refractivity contribution in [1.82, 2.24) is 20.2 Å². The van der Waals surface area contributed by atoms with Gasteiger partial charge in [-0.15, -0.1) is 0 Å². The molecule has 5 nitrogen and oxygen atoms in total. The van der Waals surface area contributed by atoms with Crippen molar-refractivity contribution in [2.24, 2.45) is 0 Å². The molecule has 2 unspecified atom stereocenters. The van der Waals surface area contributed by atoms with Gasteiger partial charge in [-0.2, -0.15) is 0 Å². The summed E-state index contributed by atoms with van der Waals surface area (Å²) in [6, 6.07) is 10.4. The maximum Gasteiger partial charge on any atom is 0.243 e. The smallest absolute Gasteiger partial charge is 0.243 e. The Morgan fingerprint density at radius 2 is 2.08 bits per heavy atom. The number of tetrazole rings is 1. The molecule has 0 saturated carbocycles. The van der Waals surface area contributed by atoms with Gasteiger partial charge in [0.25, 0.3) is 0 Å². The summed E-state index contributed by atoms with van der Waals surface area (Å²) in [6.07, 6.45) is 0.557. The van der Waals surface area contributed by atoms with Crippen LogP contribution < -0.4 is 5.32 Å². The van der Waals surface area contributed by atoms with Crippen molar-refractivity contribution in [3.63, 3.8) is 0 Å². The Balaban J connectivity index is 1.82. The molecule has 0 fully saturated rings. The molecule has 0 amide bonds. The van der Waals surface area contributed by atoms with E-state index in [4.69, 9.17) is 11.6 Å². The average molecular weight is 488 g/mol. The molecule has 2 aromatic carbocycles. The van der Waals surface area contributed by atoms with Gasteiger partial charge in [-0.05, 0) is 62.6 Å². The first kappa shape index (κ1) is 16.9. The van der Waals surface area contributed by atoms with Crippen LogP contribution in [0.25, 0.3) is 0 Å². The Morgan fingerprint density at radius 3 is 2.88 bits per heavy atom. The number of anilines is 1. The van der Waals surface area contributed by atoms with Gasteiger partial charge in [0.05, 0.1) is 17.1 Å². The van der Waals surface area contributed by atoms with Gasteiger partial charge in [0, 0.05) is 14.5 Å². The van der Waals surface area contributed by atoms with Crippen LogP contribution in [0.4, 0.5) is 10.3 Å². The summed E-state index contributed by atoms with van der Waals surface area (Å²) in [5.74, 6) is 0.103. The Kier molecular flexibility index (Phi) is 4.51. The molecule has 3 aromatic rings. The molecular formula is C16H11Br2ClFN5. The minimum Gasteiger partial charge on any atom is -0.346 e. The number of nitrogens with one attached hydrogen (secondary N) is 1. The first-order valence-corrected chi connectivity index (χ1v) is 9.44. The lowest BCUT2D eigenvalue weighted by Crippen LogP contribution is -2.29. The molecule has 25 heavy (non-hydrogen) atoms. The fourth-order valence-corrected chi connectivity index (χ4v) is 4.11. The van der Waals surface area contributed by atoms with Gasteiger partial charge < -0.3 is 5.32 Å². The summed E-state index contributed by atoms with van der Waals surface area (Å²) >= 11 is 13.2. The zero-order valence-electron chi connectivity index (χ0n) is 12.6. The van der Waals surface area contributed by atoms with E-state index in [0.717, 1.165) is 10.0 Å². The Hall–Kier alpha value is -1.51. The van der Waals surface area contributed by atoms with Crippen molar-refractivity contribution < 1.29 is 4.39 Å². The highest BCUT2D eigenvalue weighted by Gasteiger charge is 2.34. The normalized spacial score (nSPS) is 19.4. The molecule has 1 aromatic heterocycles. The molecule has 0 saturated heterocycles. The zero-order chi connectivity index (χ0) is 17.6. The Bertz CT molecular complexity index is 948. The van der Waals surface area contributed by atoms with E-state index in [1.807, 2.05) is 24.3 Å². The van der Waals surface area contributed by atoms with Gasteiger partial charge in [0.15, 0.2) is 0 Å². The van der Waals surface area contributed by atoms with E-state index < -0.39 is 6.04 Å². The quantitative estimate of drug-likeness (QED) is 0.509. The molecule has 2 heterocycles. The molecule has 128 valence electrons. The number of hydrogen-bond acceptors (Lipinski definition) is 4. The molecule has 9 heteroatoms. The lowest BCUT2D eigenvalue weighted by molar-refractivity contribution is 0.409. The summed E-state index contributed by atoms with van der Waals surface area (Å²) in [6.45, 7) is 0. The highest BCUT2D eigenvalue weighted by molar-refractivity contribution is 9.10. The predicted molar refractivity (Wildman–Crippen MR) is 100 cm³/mol. The number of fused-ring (bicyclic) bond motifs is 1. The maximum atomic E-state index is 14.6. The molecular weight excluding hydrogens is 476 g/mol. The highest BCUT2D eigenvalue weighted by atomic mass is 79.9. The summed E-state index contributed by atoms with van der Waals surface area (Å²) < 4.78 is 17.8. The second-order valence-electron chi connectivity index (χ2n) is 5.71.